The van der Waals surface area contributed by atoms with E-state index in [0.717, 1.165) is 13.1 Å². The zero-order valence-electron chi connectivity index (χ0n) is 11.1. The van der Waals surface area contributed by atoms with Crippen molar-refractivity contribution < 1.29 is 0 Å². The molecule has 94 valence electrons. The Labute approximate surface area is 104 Å². The first-order valence-corrected chi connectivity index (χ1v) is 6.37. The van der Waals surface area contributed by atoms with Crippen LogP contribution < -0.4 is 10.6 Å². The Hall–Kier alpha value is -1.06. The van der Waals surface area contributed by atoms with Crippen molar-refractivity contribution in [2.75, 3.05) is 25.0 Å². The first-order chi connectivity index (χ1) is 8.11. The van der Waals surface area contributed by atoms with Gasteiger partial charge in [-0.2, -0.15) is 0 Å². The largest absolute Gasteiger partial charge is 0.368 e. The summed E-state index contributed by atoms with van der Waals surface area (Å²) in [5, 5.41) is 0. The number of hydrogen-bond donors (Lipinski definition) is 1. The van der Waals surface area contributed by atoms with Gasteiger partial charge in [-0.05, 0) is 38.6 Å². The fraction of sp³-hybridized carbons (Fsp3) is 0.571. The fourth-order valence-corrected chi connectivity index (χ4v) is 2.46. The molecule has 0 bridgehead atoms. The summed E-state index contributed by atoms with van der Waals surface area (Å²) in [5.41, 5.74) is 8.13. The number of rotatable bonds is 2. The van der Waals surface area contributed by atoms with Crippen LogP contribution in [-0.4, -0.2) is 37.1 Å². The highest BCUT2D eigenvalue weighted by Gasteiger charge is 2.26. The zero-order chi connectivity index (χ0) is 12.4. The third kappa shape index (κ3) is 2.61. The minimum Gasteiger partial charge on any atom is -0.368 e. The molecule has 3 heteroatoms. The molecule has 1 aromatic rings. The van der Waals surface area contributed by atoms with Crippen LogP contribution in [0.1, 0.15) is 19.4 Å². The standard InChI is InChI=1S/C14H23N3/c1-11-9-17(10-12(2)16(11)3)14-6-4-13(8-15)5-7-14/h4-7,11-12H,8-10,15H2,1-3H3. The van der Waals surface area contributed by atoms with Crippen LogP contribution in [0, 0.1) is 0 Å². The Morgan fingerprint density at radius 1 is 1.12 bits per heavy atom. The van der Waals surface area contributed by atoms with E-state index in [1.54, 1.807) is 0 Å². The lowest BCUT2D eigenvalue weighted by molar-refractivity contribution is 0.170. The molecule has 1 saturated heterocycles. The van der Waals surface area contributed by atoms with Gasteiger partial charge in [-0.25, -0.2) is 0 Å². The van der Waals surface area contributed by atoms with Crippen LogP contribution in [0.4, 0.5) is 5.69 Å². The van der Waals surface area contributed by atoms with Gasteiger partial charge < -0.3 is 10.6 Å². The Balaban J connectivity index is 2.11. The van der Waals surface area contributed by atoms with Crippen molar-refractivity contribution in [1.29, 1.82) is 0 Å². The SMILES string of the molecule is CC1CN(c2ccc(CN)cc2)CC(C)N1C. The van der Waals surface area contributed by atoms with E-state index in [1.807, 2.05) is 0 Å². The van der Waals surface area contributed by atoms with Gasteiger partial charge in [0.05, 0.1) is 0 Å². The number of likely N-dealkylation sites (N-methyl/N-ethyl adjacent to an activating group) is 1. The quantitative estimate of drug-likeness (QED) is 0.843. The summed E-state index contributed by atoms with van der Waals surface area (Å²) < 4.78 is 0. The van der Waals surface area contributed by atoms with Crippen LogP contribution in [0.25, 0.3) is 0 Å². The van der Waals surface area contributed by atoms with Crippen LogP contribution in [0.3, 0.4) is 0 Å². The Morgan fingerprint density at radius 2 is 1.65 bits per heavy atom. The predicted molar refractivity (Wildman–Crippen MR) is 73.2 cm³/mol. The molecule has 2 atom stereocenters. The smallest absolute Gasteiger partial charge is 0.0367 e. The second-order valence-electron chi connectivity index (χ2n) is 5.14. The topological polar surface area (TPSA) is 32.5 Å². The molecular weight excluding hydrogens is 210 g/mol. The van der Waals surface area contributed by atoms with Gasteiger partial charge in [0.1, 0.15) is 0 Å². The van der Waals surface area contributed by atoms with Gasteiger partial charge in [-0.15, -0.1) is 0 Å². The van der Waals surface area contributed by atoms with Crippen LogP contribution in [0.2, 0.25) is 0 Å². The van der Waals surface area contributed by atoms with Crippen LogP contribution in [-0.2, 0) is 6.54 Å². The fourth-order valence-electron chi connectivity index (χ4n) is 2.46. The van der Waals surface area contributed by atoms with Crippen molar-refractivity contribution in [3.05, 3.63) is 29.8 Å². The molecule has 2 unspecified atom stereocenters. The van der Waals surface area contributed by atoms with E-state index in [2.05, 4.69) is 55.0 Å². The summed E-state index contributed by atoms with van der Waals surface area (Å²) in [6.07, 6.45) is 0. The summed E-state index contributed by atoms with van der Waals surface area (Å²) >= 11 is 0. The lowest BCUT2D eigenvalue weighted by Crippen LogP contribution is -2.55. The molecule has 1 aliphatic rings. The molecule has 0 radical (unpaired) electrons. The first kappa shape index (κ1) is 12.4. The molecule has 2 N–H and O–H groups in total. The van der Waals surface area contributed by atoms with Gasteiger partial charge in [0, 0.05) is 37.4 Å². The van der Waals surface area contributed by atoms with Crippen LogP contribution in [0.5, 0.6) is 0 Å². The van der Waals surface area contributed by atoms with Gasteiger partial charge in [0.25, 0.3) is 0 Å². The molecule has 17 heavy (non-hydrogen) atoms. The zero-order valence-corrected chi connectivity index (χ0v) is 11.1. The molecule has 3 nitrogen and oxygen atoms in total. The molecule has 1 heterocycles. The molecular formula is C14H23N3. The highest BCUT2D eigenvalue weighted by Crippen LogP contribution is 2.21. The van der Waals surface area contributed by atoms with E-state index >= 15 is 0 Å². The van der Waals surface area contributed by atoms with Crippen molar-refractivity contribution >= 4 is 5.69 Å². The molecule has 2 rings (SSSR count). The number of anilines is 1. The van der Waals surface area contributed by atoms with Crippen molar-refractivity contribution in [2.24, 2.45) is 5.73 Å². The summed E-state index contributed by atoms with van der Waals surface area (Å²) in [6, 6.07) is 9.84. The van der Waals surface area contributed by atoms with E-state index in [4.69, 9.17) is 5.73 Å². The minimum atomic E-state index is 0.605. The maximum absolute atomic E-state index is 5.62. The first-order valence-electron chi connectivity index (χ1n) is 6.37. The van der Waals surface area contributed by atoms with E-state index < -0.39 is 0 Å². The van der Waals surface area contributed by atoms with Gasteiger partial charge in [0.15, 0.2) is 0 Å². The second-order valence-corrected chi connectivity index (χ2v) is 5.14. The maximum Gasteiger partial charge on any atom is 0.0367 e. The number of hydrogen-bond acceptors (Lipinski definition) is 3. The van der Waals surface area contributed by atoms with E-state index in [0.29, 0.717) is 18.6 Å². The van der Waals surface area contributed by atoms with E-state index in [-0.39, 0.29) is 0 Å². The summed E-state index contributed by atoms with van der Waals surface area (Å²) in [5.74, 6) is 0. The molecule has 1 aliphatic heterocycles. The van der Waals surface area contributed by atoms with Gasteiger partial charge in [0.2, 0.25) is 0 Å². The molecule has 0 amide bonds. The Kier molecular flexibility index (Phi) is 3.69. The van der Waals surface area contributed by atoms with Crippen molar-refractivity contribution in [3.63, 3.8) is 0 Å². The number of nitrogens with zero attached hydrogens (tertiary/aromatic N) is 2. The van der Waals surface area contributed by atoms with E-state index in [1.165, 1.54) is 11.3 Å². The monoisotopic (exact) mass is 233 g/mol. The average Bonchev–Trinajstić information content (AvgIpc) is 2.35. The summed E-state index contributed by atoms with van der Waals surface area (Å²) in [7, 11) is 2.21. The lowest BCUT2D eigenvalue weighted by atomic mass is 10.1. The van der Waals surface area contributed by atoms with Crippen molar-refractivity contribution in [1.82, 2.24) is 4.90 Å². The molecule has 1 fully saturated rings. The number of benzene rings is 1. The molecule has 0 spiro atoms. The lowest BCUT2D eigenvalue weighted by Gasteiger charge is -2.43. The summed E-state index contributed by atoms with van der Waals surface area (Å²) in [4.78, 5) is 4.92. The molecule has 0 aromatic heterocycles. The van der Waals surface area contributed by atoms with Gasteiger partial charge in [-0.1, -0.05) is 12.1 Å². The third-order valence-corrected chi connectivity index (χ3v) is 3.90. The molecule has 0 saturated carbocycles. The molecule has 1 aromatic carbocycles. The second kappa shape index (κ2) is 5.07. The number of nitrogens with two attached hydrogens (primary N) is 1. The predicted octanol–water partition coefficient (Wildman–Crippen LogP) is 1.67. The van der Waals surface area contributed by atoms with Crippen molar-refractivity contribution in [3.8, 4) is 0 Å². The Morgan fingerprint density at radius 3 is 2.12 bits per heavy atom. The minimum absolute atomic E-state index is 0.605. The third-order valence-electron chi connectivity index (χ3n) is 3.90. The molecule has 0 aliphatic carbocycles. The average molecular weight is 233 g/mol. The number of piperazine rings is 1. The Bertz CT molecular complexity index is 348. The van der Waals surface area contributed by atoms with Gasteiger partial charge in [-0.3, -0.25) is 4.90 Å². The highest BCUT2D eigenvalue weighted by atomic mass is 15.3. The summed E-state index contributed by atoms with van der Waals surface area (Å²) in [6.45, 7) is 7.40. The normalized spacial score (nSPS) is 26.2. The van der Waals surface area contributed by atoms with E-state index in [9.17, 15) is 0 Å². The highest BCUT2D eigenvalue weighted by molar-refractivity contribution is 5.48. The van der Waals surface area contributed by atoms with Gasteiger partial charge >= 0.3 is 0 Å². The van der Waals surface area contributed by atoms with Crippen LogP contribution in [0.15, 0.2) is 24.3 Å². The van der Waals surface area contributed by atoms with Crippen molar-refractivity contribution in [2.45, 2.75) is 32.5 Å². The maximum atomic E-state index is 5.62. The van der Waals surface area contributed by atoms with Crippen LogP contribution >= 0.6 is 0 Å².